The first kappa shape index (κ1) is 15.9. The molecule has 0 unspecified atom stereocenters. The van der Waals surface area contributed by atoms with E-state index in [-0.39, 0.29) is 0 Å². The zero-order valence-corrected chi connectivity index (χ0v) is 12.5. The largest absolute Gasteiger partial charge is 0.383 e. The predicted octanol–water partition coefficient (Wildman–Crippen LogP) is 1.36. The Morgan fingerprint density at radius 3 is 2.11 bits per heavy atom. The molecule has 0 heterocycles. The third-order valence-electron chi connectivity index (χ3n) is 3.32. The summed E-state index contributed by atoms with van der Waals surface area (Å²) in [5.74, 6) is 0. The highest BCUT2D eigenvalue weighted by atomic mass is 16.5. The average molecular weight is 258 g/mol. The molecule has 1 aliphatic carbocycles. The summed E-state index contributed by atoms with van der Waals surface area (Å²) < 4.78 is 10.4. The van der Waals surface area contributed by atoms with Gasteiger partial charge in [0.15, 0.2) is 0 Å². The minimum atomic E-state index is 0.296. The van der Waals surface area contributed by atoms with Crippen molar-refractivity contribution < 1.29 is 9.47 Å². The van der Waals surface area contributed by atoms with Gasteiger partial charge in [0.25, 0.3) is 0 Å². The molecule has 1 N–H and O–H groups in total. The Morgan fingerprint density at radius 1 is 1.11 bits per heavy atom. The van der Waals surface area contributed by atoms with E-state index in [9.17, 15) is 0 Å². The first-order valence-electron chi connectivity index (χ1n) is 7.01. The van der Waals surface area contributed by atoms with Crippen LogP contribution in [0.3, 0.4) is 0 Å². The second-order valence-corrected chi connectivity index (χ2v) is 6.08. The van der Waals surface area contributed by atoms with Crippen molar-refractivity contribution in [2.75, 3.05) is 53.6 Å². The van der Waals surface area contributed by atoms with Crippen LogP contribution in [0.15, 0.2) is 0 Å². The molecule has 0 spiro atoms. The minimum absolute atomic E-state index is 0.296. The van der Waals surface area contributed by atoms with Crippen molar-refractivity contribution in [2.45, 2.75) is 32.7 Å². The third kappa shape index (κ3) is 7.31. The summed E-state index contributed by atoms with van der Waals surface area (Å²) >= 11 is 0. The fourth-order valence-corrected chi connectivity index (χ4v) is 2.08. The van der Waals surface area contributed by atoms with Crippen LogP contribution in [0.5, 0.6) is 0 Å². The molecule has 4 heteroatoms. The number of nitrogens with zero attached hydrogens (tertiary/aromatic N) is 1. The first-order chi connectivity index (χ1) is 8.57. The SMILES string of the molecule is COCCN(CCOC)CC(C)(C)CNC1CC1. The number of ether oxygens (including phenoxy) is 2. The Bertz CT molecular complexity index is 210. The topological polar surface area (TPSA) is 33.7 Å². The number of hydrogen-bond acceptors (Lipinski definition) is 4. The number of hydrogen-bond donors (Lipinski definition) is 1. The molecule has 0 amide bonds. The van der Waals surface area contributed by atoms with Gasteiger partial charge in [0.2, 0.25) is 0 Å². The van der Waals surface area contributed by atoms with Gasteiger partial charge in [-0.1, -0.05) is 13.8 Å². The van der Waals surface area contributed by atoms with Gasteiger partial charge in [-0.15, -0.1) is 0 Å². The maximum absolute atomic E-state index is 5.18. The first-order valence-corrected chi connectivity index (χ1v) is 7.01. The van der Waals surface area contributed by atoms with E-state index < -0.39 is 0 Å². The standard InChI is InChI=1S/C14H30N2O2/c1-14(2,11-15-13-5-6-13)12-16(7-9-17-3)8-10-18-4/h13,15H,5-12H2,1-4H3. The molecule has 0 atom stereocenters. The Kier molecular flexibility index (Phi) is 7.15. The lowest BCUT2D eigenvalue weighted by Gasteiger charge is -2.33. The number of methoxy groups -OCH3 is 2. The fraction of sp³-hybridized carbons (Fsp3) is 1.00. The second kappa shape index (κ2) is 8.10. The van der Waals surface area contributed by atoms with Crippen LogP contribution >= 0.6 is 0 Å². The summed E-state index contributed by atoms with van der Waals surface area (Å²) in [6.45, 7) is 10.4. The van der Waals surface area contributed by atoms with Crippen LogP contribution < -0.4 is 5.32 Å². The molecule has 0 aromatic heterocycles. The van der Waals surface area contributed by atoms with Gasteiger partial charge in [0, 0.05) is 46.4 Å². The summed E-state index contributed by atoms with van der Waals surface area (Å²) in [4.78, 5) is 2.43. The van der Waals surface area contributed by atoms with Gasteiger partial charge in [-0.2, -0.15) is 0 Å². The molecule has 108 valence electrons. The van der Waals surface area contributed by atoms with E-state index in [1.165, 1.54) is 12.8 Å². The molecule has 1 rings (SSSR count). The van der Waals surface area contributed by atoms with Crippen LogP contribution in [0.2, 0.25) is 0 Å². The lowest BCUT2D eigenvalue weighted by molar-refractivity contribution is 0.0882. The van der Waals surface area contributed by atoms with Crippen molar-refractivity contribution in [3.8, 4) is 0 Å². The van der Waals surface area contributed by atoms with E-state index >= 15 is 0 Å². The van der Waals surface area contributed by atoms with Gasteiger partial charge < -0.3 is 14.8 Å². The third-order valence-corrected chi connectivity index (χ3v) is 3.32. The molecule has 0 aromatic rings. The summed E-state index contributed by atoms with van der Waals surface area (Å²) in [6, 6.07) is 0.788. The van der Waals surface area contributed by atoms with Crippen molar-refractivity contribution in [3.05, 3.63) is 0 Å². The highest BCUT2D eigenvalue weighted by Crippen LogP contribution is 2.22. The maximum Gasteiger partial charge on any atom is 0.0589 e. The van der Waals surface area contributed by atoms with E-state index in [1.807, 2.05) is 0 Å². The van der Waals surface area contributed by atoms with Crippen molar-refractivity contribution in [3.63, 3.8) is 0 Å². The van der Waals surface area contributed by atoms with Crippen molar-refractivity contribution in [1.29, 1.82) is 0 Å². The number of nitrogens with one attached hydrogen (secondary N) is 1. The Hall–Kier alpha value is -0.160. The second-order valence-electron chi connectivity index (χ2n) is 6.08. The molecule has 4 nitrogen and oxygen atoms in total. The van der Waals surface area contributed by atoms with Crippen LogP contribution in [-0.2, 0) is 9.47 Å². The molecule has 0 saturated heterocycles. The minimum Gasteiger partial charge on any atom is -0.383 e. The van der Waals surface area contributed by atoms with Crippen molar-refractivity contribution >= 4 is 0 Å². The van der Waals surface area contributed by atoms with E-state index in [0.717, 1.165) is 45.4 Å². The van der Waals surface area contributed by atoms with Gasteiger partial charge in [-0.3, -0.25) is 4.90 Å². The van der Waals surface area contributed by atoms with Crippen molar-refractivity contribution in [2.24, 2.45) is 5.41 Å². The zero-order chi connectivity index (χ0) is 13.4. The summed E-state index contributed by atoms with van der Waals surface area (Å²) in [7, 11) is 3.52. The molecule has 0 radical (unpaired) electrons. The van der Waals surface area contributed by atoms with E-state index in [2.05, 4.69) is 24.1 Å². The van der Waals surface area contributed by atoms with Crippen LogP contribution in [0.25, 0.3) is 0 Å². The summed E-state index contributed by atoms with van der Waals surface area (Å²) in [5.41, 5.74) is 0.296. The fourth-order valence-electron chi connectivity index (χ4n) is 2.08. The molecule has 1 fully saturated rings. The number of rotatable bonds is 11. The molecule has 0 bridgehead atoms. The molecule has 1 aliphatic rings. The smallest absolute Gasteiger partial charge is 0.0589 e. The van der Waals surface area contributed by atoms with Crippen LogP contribution in [-0.4, -0.2) is 64.6 Å². The molecular formula is C14H30N2O2. The van der Waals surface area contributed by atoms with Gasteiger partial charge in [0.05, 0.1) is 13.2 Å². The quantitative estimate of drug-likeness (QED) is 0.607. The molecule has 1 saturated carbocycles. The lowest BCUT2D eigenvalue weighted by Crippen LogP contribution is -2.43. The molecule has 18 heavy (non-hydrogen) atoms. The van der Waals surface area contributed by atoms with Gasteiger partial charge >= 0.3 is 0 Å². The predicted molar refractivity (Wildman–Crippen MR) is 75.0 cm³/mol. The van der Waals surface area contributed by atoms with Gasteiger partial charge in [-0.25, -0.2) is 0 Å². The van der Waals surface area contributed by atoms with Crippen LogP contribution in [0.4, 0.5) is 0 Å². The highest BCUT2D eigenvalue weighted by Gasteiger charge is 2.26. The van der Waals surface area contributed by atoms with Gasteiger partial charge in [0.1, 0.15) is 0 Å². The molecular weight excluding hydrogens is 228 g/mol. The van der Waals surface area contributed by atoms with E-state index in [4.69, 9.17) is 9.47 Å². The zero-order valence-electron chi connectivity index (χ0n) is 12.5. The molecule has 0 aliphatic heterocycles. The Labute approximate surface area is 112 Å². The Morgan fingerprint density at radius 2 is 1.67 bits per heavy atom. The summed E-state index contributed by atoms with van der Waals surface area (Å²) in [5, 5.41) is 3.63. The maximum atomic E-state index is 5.18. The Balaban J connectivity index is 2.29. The van der Waals surface area contributed by atoms with Crippen LogP contribution in [0, 0.1) is 5.41 Å². The average Bonchev–Trinajstić information content (AvgIpc) is 3.14. The lowest BCUT2D eigenvalue weighted by atomic mass is 9.92. The highest BCUT2D eigenvalue weighted by molar-refractivity contribution is 4.85. The van der Waals surface area contributed by atoms with E-state index in [0.29, 0.717) is 5.41 Å². The normalized spacial score (nSPS) is 16.5. The van der Waals surface area contributed by atoms with Gasteiger partial charge in [-0.05, 0) is 18.3 Å². The van der Waals surface area contributed by atoms with Crippen molar-refractivity contribution in [1.82, 2.24) is 10.2 Å². The molecule has 0 aromatic carbocycles. The monoisotopic (exact) mass is 258 g/mol. The summed E-state index contributed by atoms with van der Waals surface area (Å²) in [6.07, 6.45) is 2.71. The van der Waals surface area contributed by atoms with Crippen LogP contribution in [0.1, 0.15) is 26.7 Å². The van der Waals surface area contributed by atoms with E-state index in [1.54, 1.807) is 14.2 Å².